The molecule has 1 aliphatic carbocycles. The number of primary amides is 1. The molecule has 110 valence electrons. The van der Waals surface area contributed by atoms with Crippen LogP contribution in [-0.4, -0.2) is 11.9 Å². The molecule has 0 heterocycles. The molecule has 3 heteroatoms. The van der Waals surface area contributed by atoms with Crippen LogP contribution in [0.25, 0.3) is 0 Å². The summed E-state index contributed by atoms with van der Waals surface area (Å²) in [6.45, 7) is 6.75. The molecule has 2 rings (SSSR count). The third kappa shape index (κ3) is 3.33. The maximum Gasteiger partial charge on any atom is 0.220 e. The number of hydrogen-bond donors (Lipinski definition) is 2. The van der Waals surface area contributed by atoms with Crippen molar-refractivity contribution in [1.82, 2.24) is 0 Å². The maximum absolute atomic E-state index is 11.2. The number of anilines is 1. The SMILES string of the molecule is CCC(C)(C)c1ccc(NC2CCC(C(N)=O)C2)cc1. The van der Waals surface area contributed by atoms with E-state index in [4.69, 9.17) is 5.73 Å². The fourth-order valence-corrected chi connectivity index (χ4v) is 2.83. The molecule has 20 heavy (non-hydrogen) atoms. The van der Waals surface area contributed by atoms with Crippen LogP contribution in [0.3, 0.4) is 0 Å². The van der Waals surface area contributed by atoms with Crippen LogP contribution >= 0.6 is 0 Å². The van der Waals surface area contributed by atoms with Gasteiger partial charge in [0.2, 0.25) is 5.91 Å². The first-order chi connectivity index (χ1) is 9.42. The second-order valence-corrected chi connectivity index (χ2v) is 6.57. The zero-order valence-corrected chi connectivity index (χ0v) is 12.8. The van der Waals surface area contributed by atoms with E-state index in [0.717, 1.165) is 31.4 Å². The van der Waals surface area contributed by atoms with E-state index in [1.54, 1.807) is 0 Å². The first kappa shape index (κ1) is 14.9. The minimum atomic E-state index is -0.158. The molecule has 1 amide bonds. The van der Waals surface area contributed by atoms with Gasteiger partial charge in [0.25, 0.3) is 0 Å². The highest BCUT2D eigenvalue weighted by molar-refractivity contribution is 5.77. The fraction of sp³-hybridized carbons (Fsp3) is 0.588. The van der Waals surface area contributed by atoms with Crippen molar-refractivity contribution in [3.8, 4) is 0 Å². The second-order valence-electron chi connectivity index (χ2n) is 6.57. The number of nitrogens with two attached hydrogens (primary N) is 1. The third-order valence-corrected chi connectivity index (χ3v) is 4.76. The highest BCUT2D eigenvalue weighted by Gasteiger charge is 2.28. The van der Waals surface area contributed by atoms with Crippen LogP contribution in [0.15, 0.2) is 24.3 Å². The largest absolute Gasteiger partial charge is 0.382 e. The van der Waals surface area contributed by atoms with Crippen molar-refractivity contribution < 1.29 is 4.79 Å². The predicted octanol–water partition coefficient (Wildman–Crippen LogP) is 3.44. The molecular weight excluding hydrogens is 248 g/mol. The summed E-state index contributed by atoms with van der Waals surface area (Å²) in [5.74, 6) is -0.111. The summed E-state index contributed by atoms with van der Waals surface area (Å²) in [5.41, 5.74) is 8.10. The average molecular weight is 274 g/mol. The van der Waals surface area contributed by atoms with Crippen molar-refractivity contribution in [1.29, 1.82) is 0 Å². The van der Waals surface area contributed by atoms with Gasteiger partial charge in [0, 0.05) is 17.6 Å². The van der Waals surface area contributed by atoms with Gasteiger partial charge in [0.15, 0.2) is 0 Å². The van der Waals surface area contributed by atoms with Crippen molar-refractivity contribution in [3.05, 3.63) is 29.8 Å². The van der Waals surface area contributed by atoms with E-state index in [0.29, 0.717) is 6.04 Å². The smallest absolute Gasteiger partial charge is 0.220 e. The van der Waals surface area contributed by atoms with Crippen LogP contribution in [0.4, 0.5) is 5.69 Å². The highest BCUT2D eigenvalue weighted by atomic mass is 16.1. The molecule has 2 unspecified atom stereocenters. The Balaban J connectivity index is 1.97. The van der Waals surface area contributed by atoms with Gasteiger partial charge in [0.05, 0.1) is 0 Å². The van der Waals surface area contributed by atoms with Gasteiger partial charge in [-0.05, 0) is 48.8 Å². The van der Waals surface area contributed by atoms with Crippen molar-refractivity contribution >= 4 is 11.6 Å². The number of carbonyl (C=O) groups is 1. The van der Waals surface area contributed by atoms with Gasteiger partial charge >= 0.3 is 0 Å². The van der Waals surface area contributed by atoms with E-state index in [2.05, 4.69) is 50.4 Å². The Morgan fingerprint density at radius 2 is 1.95 bits per heavy atom. The van der Waals surface area contributed by atoms with E-state index in [1.165, 1.54) is 5.56 Å². The first-order valence-corrected chi connectivity index (χ1v) is 7.59. The highest BCUT2D eigenvalue weighted by Crippen LogP contribution is 2.30. The number of hydrogen-bond acceptors (Lipinski definition) is 2. The van der Waals surface area contributed by atoms with E-state index in [-0.39, 0.29) is 17.2 Å². The average Bonchev–Trinajstić information content (AvgIpc) is 2.88. The van der Waals surface area contributed by atoms with E-state index in [9.17, 15) is 4.79 Å². The summed E-state index contributed by atoms with van der Waals surface area (Å²) in [4.78, 5) is 11.2. The molecule has 1 saturated carbocycles. The van der Waals surface area contributed by atoms with Crippen LogP contribution in [-0.2, 0) is 10.2 Å². The topological polar surface area (TPSA) is 55.1 Å². The lowest BCUT2D eigenvalue weighted by molar-refractivity contribution is -0.121. The molecule has 1 fully saturated rings. The van der Waals surface area contributed by atoms with Crippen molar-refractivity contribution in [2.75, 3.05) is 5.32 Å². The van der Waals surface area contributed by atoms with Crippen LogP contribution in [0, 0.1) is 5.92 Å². The summed E-state index contributed by atoms with van der Waals surface area (Å²) < 4.78 is 0. The molecule has 2 atom stereocenters. The molecule has 0 radical (unpaired) electrons. The molecule has 0 spiro atoms. The molecule has 0 aliphatic heterocycles. The van der Waals surface area contributed by atoms with Gasteiger partial charge in [0.1, 0.15) is 0 Å². The normalized spacial score (nSPS) is 22.8. The van der Waals surface area contributed by atoms with Gasteiger partial charge in [-0.25, -0.2) is 0 Å². The number of carbonyl (C=O) groups excluding carboxylic acids is 1. The maximum atomic E-state index is 11.2. The Morgan fingerprint density at radius 1 is 1.30 bits per heavy atom. The Morgan fingerprint density at radius 3 is 2.45 bits per heavy atom. The second kappa shape index (κ2) is 5.86. The summed E-state index contributed by atoms with van der Waals surface area (Å²) in [6.07, 6.45) is 3.92. The Bertz CT molecular complexity index is 464. The van der Waals surface area contributed by atoms with Crippen LogP contribution in [0.5, 0.6) is 0 Å². The summed E-state index contributed by atoms with van der Waals surface area (Å²) in [5, 5.41) is 3.51. The van der Waals surface area contributed by atoms with E-state index < -0.39 is 0 Å². The monoisotopic (exact) mass is 274 g/mol. The molecule has 3 N–H and O–H groups in total. The number of nitrogens with one attached hydrogen (secondary N) is 1. The van der Waals surface area contributed by atoms with Crippen LogP contribution in [0.1, 0.15) is 52.0 Å². The van der Waals surface area contributed by atoms with E-state index >= 15 is 0 Å². The Labute approximate surface area is 121 Å². The Kier molecular flexibility index (Phi) is 4.36. The van der Waals surface area contributed by atoms with Gasteiger partial charge in [-0.1, -0.05) is 32.9 Å². The third-order valence-electron chi connectivity index (χ3n) is 4.76. The number of rotatable bonds is 5. The fourth-order valence-electron chi connectivity index (χ4n) is 2.83. The van der Waals surface area contributed by atoms with Crippen molar-refractivity contribution in [2.45, 2.75) is 57.9 Å². The van der Waals surface area contributed by atoms with Crippen molar-refractivity contribution in [3.63, 3.8) is 0 Å². The lowest BCUT2D eigenvalue weighted by Gasteiger charge is -2.24. The molecule has 3 nitrogen and oxygen atoms in total. The molecule has 0 saturated heterocycles. The Hall–Kier alpha value is -1.51. The molecular formula is C17H26N2O. The van der Waals surface area contributed by atoms with Gasteiger partial charge < -0.3 is 11.1 Å². The quantitative estimate of drug-likeness (QED) is 0.864. The lowest BCUT2D eigenvalue weighted by atomic mass is 9.82. The summed E-state index contributed by atoms with van der Waals surface area (Å²) in [7, 11) is 0. The summed E-state index contributed by atoms with van der Waals surface area (Å²) >= 11 is 0. The predicted molar refractivity (Wildman–Crippen MR) is 83.7 cm³/mol. The molecule has 1 aliphatic rings. The van der Waals surface area contributed by atoms with E-state index in [1.807, 2.05) is 0 Å². The van der Waals surface area contributed by atoms with Gasteiger partial charge in [-0.15, -0.1) is 0 Å². The number of benzene rings is 1. The minimum Gasteiger partial charge on any atom is -0.382 e. The van der Waals surface area contributed by atoms with Crippen LogP contribution < -0.4 is 11.1 Å². The van der Waals surface area contributed by atoms with Crippen LogP contribution in [0.2, 0.25) is 0 Å². The number of amides is 1. The minimum absolute atomic E-state index is 0.0470. The lowest BCUT2D eigenvalue weighted by Crippen LogP contribution is -2.23. The summed E-state index contributed by atoms with van der Waals surface area (Å²) in [6, 6.07) is 9.06. The molecule has 1 aromatic rings. The molecule has 0 bridgehead atoms. The first-order valence-electron chi connectivity index (χ1n) is 7.59. The molecule has 0 aromatic heterocycles. The van der Waals surface area contributed by atoms with Gasteiger partial charge in [-0.2, -0.15) is 0 Å². The molecule has 1 aromatic carbocycles. The van der Waals surface area contributed by atoms with Crippen molar-refractivity contribution in [2.24, 2.45) is 11.7 Å². The zero-order valence-electron chi connectivity index (χ0n) is 12.8. The standard InChI is InChI=1S/C17H26N2O/c1-4-17(2,3)13-6-9-14(10-7-13)19-15-8-5-12(11-15)16(18)20/h6-7,9-10,12,15,19H,4-5,8,11H2,1-3H3,(H2,18,20). The van der Waals surface area contributed by atoms with Gasteiger partial charge in [-0.3, -0.25) is 4.79 Å². The zero-order chi connectivity index (χ0) is 14.8.